The Morgan fingerprint density at radius 2 is 1.77 bits per heavy atom. The zero-order valence-electron chi connectivity index (χ0n) is 20.1. The van der Waals surface area contributed by atoms with Crippen LogP contribution in [0, 0.1) is 3.57 Å². The van der Waals surface area contributed by atoms with E-state index in [9.17, 15) is 13.6 Å². The Hall–Kier alpha value is -2.28. The Balaban J connectivity index is 1.70. The molecule has 0 amide bonds. The number of ether oxygens (including phenoxy) is 1. The first-order valence-corrected chi connectivity index (χ1v) is 13.4. The predicted molar refractivity (Wildman–Crippen MR) is 144 cm³/mol. The van der Waals surface area contributed by atoms with E-state index in [2.05, 4.69) is 61.5 Å². The molecule has 188 valence electrons. The average Bonchev–Trinajstić information content (AvgIpc) is 3.19. The highest BCUT2D eigenvalue weighted by molar-refractivity contribution is 14.1. The number of nitrogens with zero attached hydrogens (tertiary/aromatic N) is 3. The normalized spacial score (nSPS) is 12.5. The van der Waals surface area contributed by atoms with Crippen LogP contribution in [0.4, 0.5) is 5.69 Å². The van der Waals surface area contributed by atoms with Crippen LogP contribution in [0.2, 0.25) is 0 Å². The van der Waals surface area contributed by atoms with Gasteiger partial charge in [0.15, 0.2) is 0 Å². The number of anilines is 1. The third-order valence-corrected chi connectivity index (χ3v) is 6.20. The van der Waals surface area contributed by atoms with Gasteiger partial charge in [-0.15, -0.1) is 0 Å². The maximum atomic E-state index is 12.4. The van der Waals surface area contributed by atoms with Crippen molar-refractivity contribution in [2.45, 2.75) is 52.4 Å². The predicted octanol–water partition coefficient (Wildman–Crippen LogP) is 4.28. The first kappa shape index (κ1) is 27.3. The molecule has 0 aliphatic rings. The molecule has 2 aromatic carbocycles. The number of hydrogen-bond donors (Lipinski definition) is 1. The lowest BCUT2D eigenvalue weighted by Gasteiger charge is -2.23. The van der Waals surface area contributed by atoms with E-state index < -0.39 is 16.9 Å². The Labute approximate surface area is 222 Å². The molecule has 1 N–H and O–H groups in total. The van der Waals surface area contributed by atoms with Crippen LogP contribution in [0.1, 0.15) is 37.7 Å². The number of esters is 1. The molecule has 0 saturated carbocycles. The quantitative estimate of drug-likeness (QED) is 0.198. The number of nitrogens with one attached hydrogen (secondary N) is 1. The van der Waals surface area contributed by atoms with Gasteiger partial charge in [-0.3, -0.25) is 13.9 Å². The first-order chi connectivity index (χ1) is 16.6. The summed E-state index contributed by atoms with van der Waals surface area (Å²) in [7, 11) is 0. The second-order valence-corrected chi connectivity index (χ2v) is 11.1. The molecule has 1 atom stereocenters. The monoisotopic (exact) mass is 609 g/mol. The fourth-order valence-corrected chi connectivity index (χ4v) is 4.22. The summed E-state index contributed by atoms with van der Waals surface area (Å²) in [6.45, 7) is 7.72. The lowest BCUT2D eigenvalue weighted by molar-refractivity contribution is -0.155. The maximum absolute atomic E-state index is 12.4. The molecule has 35 heavy (non-hydrogen) atoms. The van der Waals surface area contributed by atoms with E-state index in [4.69, 9.17) is 4.74 Å². The van der Waals surface area contributed by atoms with Crippen molar-refractivity contribution >= 4 is 45.5 Å². The van der Waals surface area contributed by atoms with Gasteiger partial charge in [-0.1, -0.05) is 24.3 Å². The topological polar surface area (TPSA) is 99.5 Å². The van der Waals surface area contributed by atoms with Crippen LogP contribution in [-0.2, 0) is 46.9 Å². The Kier molecular flexibility index (Phi) is 9.84. The second kappa shape index (κ2) is 12.6. The van der Waals surface area contributed by atoms with E-state index >= 15 is 0 Å². The zero-order valence-corrected chi connectivity index (χ0v) is 23.0. The smallest absolute Gasteiger partial charge is 0.326 e. The van der Waals surface area contributed by atoms with Gasteiger partial charge >= 0.3 is 5.97 Å². The van der Waals surface area contributed by atoms with Gasteiger partial charge in [-0.2, -0.15) is 0 Å². The zero-order chi connectivity index (χ0) is 25.4. The molecule has 0 bridgehead atoms. The van der Waals surface area contributed by atoms with Crippen molar-refractivity contribution in [3.8, 4) is 0 Å². The molecule has 0 saturated heterocycles. The summed E-state index contributed by atoms with van der Waals surface area (Å²) < 4.78 is 32.5. The minimum absolute atomic E-state index is 0.111. The van der Waals surface area contributed by atoms with Crippen molar-refractivity contribution in [3.63, 3.8) is 0 Å². The summed E-state index contributed by atoms with van der Waals surface area (Å²) in [4.78, 5) is 19.2. The van der Waals surface area contributed by atoms with E-state index in [1.807, 2.05) is 37.5 Å². The highest BCUT2D eigenvalue weighted by atomic mass is 127. The summed E-state index contributed by atoms with van der Waals surface area (Å²) in [5.41, 5.74) is 2.27. The summed E-state index contributed by atoms with van der Waals surface area (Å²) in [6.07, 6.45) is 4.28. The van der Waals surface area contributed by atoms with E-state index in [0.29, 0.717) is 12.2 Å². The Bertz CT molecular complexity index is 1130. The fraction of sp³-hybridized carbons (Fsp3) is 0.360. The molecule has 10 heteroatoms. The maximum Gasteiger partial charge on any atom is 0.326 e. The summed E-state index contributed by atoms with van der Waals surface area (Å²) in [6, 6.07) is 15.7. The van der Waals surface area contributed by atoms with Crippen LogP contribution in [-0.4, -0.2) is 41.3 Å². The molecule has 3 aromatic rings. The molecule has 3 rings (SSSR count). The Morgan fingerprint density at radius 1 is 1.11 bits per heavy atom. The van der Waals surface area contributed by atoms with Gasteiger partial charge < -0.3 is 18.6 Å². The minimum atomic E-state index is -2.34. The van der Waals surface area contributed by atoms with Crippen LogP contribution in [0.15, 0.2) is 60.9 Å². The van der Waals surface area contributed by atoms with Gasteiger partial charge in [0.1, 0.15) is 18.0 Å². The van der Waals surface area contributed by atoms with Gasteiger partial charge in [0.2, 0.25) is 0 Å². The van der Waals surface area contributed by atoms with E-state index in [0.717, 1.165) is 30.9 Å². The molecule has 0 fully saturated rings. The molecular formula is C25H30IN4O4S-. The number of halogens is 1. The van der Waals surface area contributed by atoms with Gasteiger partial charge in [-0.05, 0) is 85.2 Å². The lowest BCUT2D eigenvalue weighted by atomic mass is 10.1. The minimum Gasteiger partial charge on any atom is -0.755 e. The molecular weight excluding hydrogens is 579 g/mol. The van der Waals surface area contributed by atoms with E-state index in [-0.39, 0.29) is 12.5 Å². The number of benzene rings is 2. The molecule has 0 aliphatic carbocycles. The van der Waals surface area contributed by atoms with Crippen molar-refractivity contribution in [3.05, 3.63) is 81.4 Å². The number of imidazole rings is 1. The number of carbonyl (C=O) groups excluding carboxylic acids is 1. The van der Waals surface area contributed by atoms with Crippen LogP contribution in [0.3, 0.4) is 0 Å². The van der Waals surface area contributed by atoms with Crippen LogP contribution < -0.4 is 4.72 Å². The lowest BCUT2D eigenvalue weighted by Crippen LogP contribution is -2.29. The van der Waals surface area contributed by atoms with Crippen LogP contribution in [0.25, 0.3) is 0 Å². The number of rotatable bonds is 11. The van der Waals surface area contributed by atoms with Gasteiger partial charge in [0.25, 0.3) is 0 Å². The summed E-state index contributed by atoms with van der Waals surface area (Å²) in [5.74, 6) is 0.493. The SMILES string of the molecule is CC(C)(C)OC(=O)Cn1ccnc1CN(CCc1ccc(NS(=O)[O-])cc1)Cc1ccc(I)cc1. The van der Waals surface area contributed by atoms with Crippen LogP contribution in [0.5, 0.6) is 0 Å². The van der Waals surface area contributed by atoms with Crippen molar-refractivity contribution in [1.29, 1.82) is 0 Å². The molecule has 0 radical (unpaired) electrons. The van der Waals surface area contributed by atoms with E-state index in [1.54, 1.807) is 24.5 Å². The fourth-order valence-electron chi connectivity index (χ4n) is 3.53. The van der Waals surface area contributed by atoms with Crippen molar-refractivity contribution in [1.82, 2.24) is 14.5 Å². The van der Waals surface area contributed by atoms with Crippen molar-refractivity contribution < 1.29 is 18.3 Å². The Morgan fingerprint density at radius 3 is 2.40 bits per heavy atom. The van der Waals surface area contributed by atoms with Gasteiger partial charge in [0.05, 0.1) is 6.54 Å². The third-order valence-electron chi connectivity index (χ3n) is 5.08. The largest absolute Gasteiger partial charge is 0.755 e. The first-order valence-electron chi connectivity index (χ1n) is 11.2. The average molecular weight is 610 g/mol. The highest BCUT2D eigenvalue weighted by Gasteiger charge is 2.18. The molecule has 1 aromatic heterocycles. The van der Waals surface area contributed by atoms with Crippen molar-refractivity contribution in [2.75, 3.05) is 11.3 Å². The molecule has 8 nitrogen and oxygen atoms in total. The third kappa shape index (κ3) is 9.71. The molecule has 0 aliphatic heterocycles. The second-order valence-electron chi connectivity index (χ2n) is 9.18. The number of carbonyl (C=O) groups is 1. The molecule has 0 spiro atoms. The summed E-state index contributed by atoms with van der Waals surface area (Å²) >= 11 is -0.0490. The number of aromatic nitrogens is 2. The standard InChI is InChI=1S/C25H31IN4O4S/c1-25(2,3)34-24(31)18-30-15-13-27-23(30)17-29(16-20-4-8-21(26)9-5-20)14-12-19-6-10-22(11-7-19)28-35(32)33/h4-11,13,15,28H,12,14,16-18H2,1-3H3,(H,32,33)/p-1. The van der Waals surface area contributed by atoms with Gasteiger partial charge in [-0.25, -0.2) is 4.98 Å². The number of hydrogen-bond acceptors (Lipinski definition) is 6. The van der Waals surface area contributed by atoms with E-state index in [1.165, 1.54) is 9.13 Å². The van der Waals surface area contributed by atoms with Crippen molar-refractivity contribution in [2.24, 2.45) is 0 Å². The van der Waals surface area contributed by atoms with Crippen LogP contribution >= 0.6 is 22.6 Å². The highest BCUT2D eigenvalue weighted by Crippen LogP contribution is 2.15. The molecule has 1 unspecified atom stereocenters. The summed E-state index contributed by atoms with van der Waals surface area (Å²) in [5, 5.41) is 0. The molecule has 1 heterocycles. The van der Waals surface area contributed by atoms with Gasteiger partial charge in [0, 0.05) is 46.0 Å².